The summed E-state index contributed by atoms with van der Waals surface area (Å²) in [7, 11) is -3.76. The van der Waals surface area contributed by atoms with Gasteiger partial charge in [-0.3, -0.25) is 0 Å². The summed E-state index contributed by atoms with van der Waals surface area (Å²) in [5, 5.41) is 18.2. The maximum Gasteiger partial charge on any atom is 0.208 e. The van der Waals surface area contributed by atoms with Crippen molar-refractivity contribution in [1.29, 1.82) is 5.26 Å². The Balaban J connectivity index is 2.49. The standard InChI is InChI=1S/C15H12ClNO3S/c1-10(18)12-3-5-13(6-4-12)21(19,20)15-7-2-11(9-17)8-14(15)16/h2-8,10,18H,1H3. The average molecular weight is 322 g/mol. The third-order valence-electron chi connectivity index (χ3n) is 3.02. The van der Waals surface area contributed by atoms with E-state index >= 15 is 0 Å². The molecule has 0 aromatic heterocycles. The molecule has 0 saturated carbocycles. The van der Waals surface area contributed by atoms with E-state index < -0.39 is 15.9 Å². The molecule has 0 bridgehead atoms. The highest BCUT2D eigenvalue weighted by molar-refractivity contribution is 7.91. The third kappa shape index (κ3) is 3.08. The molecule has 1 atom stereocenters. The van der Waals surface area contributed by atoms with Crippen LogP contribution in [-0.2, 0) is 9.84 Å². The average Bonchev–Trinajstić information content (AvgIpc) is 2.46. The lowest BCUT2D eigenvalue weighted by molar-refractivity contribution is 0.199. The molecule has 0 saturated heterocycles. The van der Waals surface area contributed by atoms with Crippen LogP contribution in [-0.4, -0.2) is 13.5 Å². The summed E-state index contributed by atoms with van der Waals surface area (Å²) in [5.41, 5.74) is 0.920. The quantitative estimate of drug-likeness (QED) is 0.942. The van der Waals surface area contributed by atoms with Crippen molar-refractivity contribution in [3.8, 4) is 6.07 Å². The van der Waals surface area contributed by atoms with E-state index in [0.717, 1.165) is 0 Å². The van der Waals surface area contributed by atoms with Gasteiger partial charge < -0.3 is 5.11 Å². The molecule has 108 valence electrons. The highest BCUT2D eigenvalue weighted by atomic mass is 35.5. The topological polar surface area (TPSA) is 78.2 Å². The van der Waals surface area contributed by atoms with Crippen molar-refractivity contribution in [1.82, 2.24) is 0 Å². The van der Waals surface area contributed by atoms with Gasteiger partial charge in [-0.2, -0.15) is 5.26 Å². The molecule has 0 aliphatic rings. The summed E-state index contributed by atoms with van der Waals surface area (Å²) in [6.07, 6.45) is -0.666. The fourth-order valence-corrected chi connectivity index (χ4v) is 3.64. The number of halogens is 1. The smallest absolute Gasteiger partial charge is 0.208 e. The van der Waals surface area contributed by atoms with Gasteiger partial charge in [-0.05, 0) is 42.8 Å². The molecule has 21 heavy (non-hydrogen) atoms. The Bertz CT molecular complexity index is 806. The number of sulfone groups is 1. The summed E-state index contributed by atoms with van der Waals surface area (Å²) in [4.78, 5) is 0.0338. The van der Waals surface area contributed by atoms with Crippen LogP contribution >= 0.6 is 11.6 Å². The minimum atomic E-state index is -3.76. The monoisotopic (exact) mass is 321 g/mol. The molecule has 0 radical (unpaired) electrons. The van der Waals surface area contributed by atoms with Crippen LogP contribution in [0.15, 0.2) is 52.3 Å². The first-order valence-corrected chi connectivity index (χ1v) is 7.95. The normalized spacial score (nSPS) is 12.7. The lowest BCUT2D eigenvalue weighted by atomic mass is 10.1. The molecule has 0 heterocycles. The van der Waals surface area contributed by atoms with Crippen LogP contribution in [0.25, 0.3) is 0 Å². The number of hydrogen-bond donors (Lipinski definition) is 1. The highest BCUT2D eigenvalue weighted by Crippen LogP contribution is 2.29. The van der Waals surface area contributed by atoms with E-state index in [4.69, 9.17) is 16.9 Å². The SMILES string of the molecule is CC(O)c1ccc(S(=O)(=O)c2ccc(C#N)cc2Cl)cc1. The van der Waals surface area contributed by atoms with E-state index in [2.05, 4.69) is 0 Å². The van der Waals surface area contributed by atoms with Crippen LogP contribution in [0.2, 0.25) is 5.02 Å². The lowest BCUT2D eigenvalue weighted by Crippen LogP contribution is -2.03. The van der Waals surface area contributed by atoms with Gasteiger partial charge in [-0.15, -0.1) is 0 Å². The number of benzene rings is 2. The third-order valence-corrected chi connectivity index (χ3v) is 5.28. The Kier molecular flexibility index (Phi) is 4.33. The molecule has 0 amide bonds. The van der Waals surface area contributed by atoms with Gasteiger partial charge in [0.15, 0.2) is 0 Å². The fraction of sp³-hybridized carbons (Fsp3) is 0.133. The lowest BCUT2D eigenvalue weighted by Gasteiger charge is -2.09. The van der Waals surface area contributed by atoms with Crippen LogP contribution in [0.5, 0.6) is 0 Å². The number of aliphatic hydroxyl groups excluding tert-OH is 1. The minimum Gasteiger partial charge on any atom is -0.389 e. The molecule has 1 N–H and O–H groups in total. The maximum atomic E-state index is 12.5. The molecule has 2 rings (SSSR count). The molecule has 2 aromatic carbocycles. The summed E-state index contributed by atoms with van der Waals surface area (Å²) >= 11 is 5.95. The Morgan fingerprint density at radius 3 is 2.29 bits per heavy atom. The Morgan fingerprint density at radius 2 is 1.81 bits per heavy atom. The van der Waals surface area contributed by atoms with Gasteiger partial charge in [0.2, 0.25) is 9.84 Å². The van der Waals surface area contributed by atoms with Crippen molar-refractivity contribution < 1.29 is 13.5 Å². The zero-order valence-corrected chi connectivity index (χ0v) is 12.7. The fourth-order valence-electron chi connectivity index (χ4n) is 1.84. The number of aliphatic hydroxyl groups is 1. The van der Waals surface area contributed by atoms with E-state index in [9.17, 15) is 13.5 Å². The first-order valence-electron chi connectivity index (χ1n) is 6.09. The number of nitriles is 1. The Labute approximate surface area is 128 Å². The predicted molar refractivity (Wildman–Crippen MR) is 78.7 cm³/mol. The highest BCUT2D eigenvalue weighted by Gasteiger charge is 2.21. The van der Waals surface area contributed by atoms with Gasteiger partial charge >= 0.3 is 0 Å². The second-order valence-corrected chi connectivity index (χ2v) is 6.83. The predicted octanol–water partition coefficient (Wildman–Crippen LogP) is 3.10. The van der Waals surface area contributed by atoms with Crippen molar-refractivity contribution in [2.24, 2.45) is 0 Å². The van der Waals surface area contributed by atoms with E-state index in [-0.39, 0.29) is 14.8 Å². The van der Waals surface area contributed by atoms with E-state index in [1.165, 1.54) is 30.3 Å². The Hall–Kier alpha value is -1.87. The maximum absolute atomic E-state index is 12.5. The molecule has 0 aliphatic carbocycles. The van der Waals surface area contributed by atoms with Crippen LogP contribution in [0, 0.1) is 11.3 Å². The second-order valence-electron chi connectivity index (χ2n) is 4.51. The summed E-state index contributed by atoms with van der Waals surface area (Å²) in [6, 6.07) is 11.9. The number of hydrogen-bond acceptors (Lipinski definition) is 4. The molecule has 0 aliphatic heterocycles. The van der Waals surface area contributed by atoms with Crippen LogP contribution in [0.3, 0.4) is 0 Å². The van der Waals surface area contributed by atoms with Crippen LogP contribution in [0.4, 0.5) is 0 Å². The van der Waals surface area contributed by atoms with Gasteiger partial charge in [0.25, 0.3) is 0 Å². The van der Waals surface area contributed by atoms with Gasteiger partial charge in [0, 0.05) is 0 Å². The molecule has 0 spiro atoms. The summed E-state index contributed by atoms with van der Waals surface area (Å²) < 4.78 is 25.0. The zero-order valence-electron chi connectivity index (χ0n) is 11.1. The molecule has 1 unspecified atom stereocenters. The van der Waals surface area contributed by atoms with Crippen molar-refractivity contribution in [3.05, 3.63) is 58.6 Å². The summed E-state index contributed by atoms with van der Waals surface area (Å²) in [6.45, 7) is 1.60. The summed E-state index contributed by atoms with van der Waals surface area (Å²) in [5.74, 6) is 0. The Morgan fingerprint density at radius 1 is 1.19 bits per heavy atom. The van der Waals surface area contributed by atoms with Gasteiger partial charge in [0.05, 0.1) is 32.6 Å². The number of rotatable bonds is 3. The molecule has 2 aromatic rings. The molecule has 4 nitrogen and oxygen atoms in total. The molecular formula is C15H12ClNO3S. The van der Waals surface area contributed by atoms with Crippen LogP contribution < -0.4 is 0 Å². The van der Waals surface area contributed by atoms with Crippen molar-refractivity contribution >= 4 is 21.4 Å². The molecular weight excluding hydrogens is 310 g/mol. The largest absolute Gasteiger partial charge is 0.389 e. The van der Waals surface area contributed by atoms with Gasteiger partial charge in [0.1, 0.15) is 0 Å². The van der Waals surface area contributed by atoms with Gasteiger partial charge in [-0.1, -0.05) is 23.7 Å². The van der Waals surface area contributed by atoms with Crippen molar-refractivity contribution in [2.75, 3.05) is 0 Å². The van der Waals surface area contributed by atoms with E-state index in [1.807, 2.05) is 6.07 Å². The zero-order chi connectivity index (χ0) is 15.6. The van der Waals surface area contributed by atoms with E-state index in [1.54, 1.807) is 19.1 Å². The van der Waals surface area contributed by atoms with E-state index in [0.29, 0.717) is 11.1 Å². The minimum absolute atomic E-state index is 0.00801. The second kappa shape index (κ2) is 5.86. The molecule has 0 fully saturated rings. The van der Waals surface area contributed by atoms with Crippen molar-refractivity contribution in [3.63, 3.8) is 0 Å². The number of nitrogens with zero attached hydrogens (tertiary/aromatic N) is 1. The first-order chi connectivity index (χ1) is 9.86. The molecule has 6 heteroatoms. The van der Waals surface area contributed by atoms with Crippen molar-refractivity contribution in [2.45, 2.75) is 22.8 Å². The van der Waals surface area contributed by atoms with Crippen LogP contribution in [0.1, 0.15) is 24.2 Å². The van der Waals surface area contributed by atoms with Gasteiger partial charge in [-0.25, -0.2) is 8.42 Å². The first kappa shape index (κ1) is 15.5.